The molecule has 1 aliphatic heterocycles. The van der Waals surface area contributed by atoms with E-state index in [1.807, 2.05) is 6.92 Å². The highest BCUT2D eigenvalue weighted by Gasteiger charge is 2.29. The van der Waals surface area contributed by atoms with E-state index < -0.39 is 6.10 Å². The molecule has 1 rings (SSSR count). The van der Waals surface area contributed by atoms with Gasteiger partial charge in [-0.15, -0.1) is 0 Å². The van der Waals surface area contributed by atoms with Crippen molar-refractivity contribution in [2.45, 2.75) is 51.7 Å². The first-order valence-electron chi connectivity index (χ1n) is 6.28. The van der Waals surface area contributed by atoms with Crippen LogP contribution in [-0.2, 0) is 4.79 Å². The van der Waals surface area contributed by atoms with E-state index in [1.165, 1.54) is 0 Å². The highest BCUT2D eigenvalue weighted by Crippen LogP contribution is 2.17. The summed E-state index contributed by atoms with van der Waals surface area (Å²) in [5.41, 5.74) is 5.84. The number of aliphatic hydroxyl groups excluding tert-OH is 1. The van der Waals surface area contributed by atoms with Gasteiger partial charge in [0.25, 0.3) is 0 Å². The molecule has 1 saturated heterocycles. The van der Waals surface area contributed by atoms with Gasteiger partial charge in [0.15, 0.2) is 0 Å². The summed E-state index contributed by atoms with van der Waals surface area (Å²) in [5, 5.41) is 9.72. The molecule has 1 amide bonds. The number of carbonyl (C=O) groups excluding carboxylic acids is 1. The molecule has 94 valence electrons. The number of hydrogen-bond donors (Lipinski definition) is 2. The van der Waals surface area contributed by atoms with Crippen LogP contribution in [-0.4, -0.2) is 41.1 Å². The molecule has 0 saturated carbocycles. The lowest BCUT2D eigenvalue weighted by molar-refractivity contribution is -0.137. The van der Waals surface area contributed by atoms with Gasteiger partial charge in [-0.25, -0.2) is 0 Å². The third kappa shape index (κ3) is 3.46. The van der Waals surface area contributed by atoms with Crippen molar-refractivity contribution in [3.63, 3.8) is 0 Å². The summed E-state index contributed by atoms with van der Waals surface area (Å²) in [6, 6.07) is -0.388. The van der Waals surface area contributed by atoms with Gasteiger partial charge in [-0.05, 0) is 18.8 Å². The highest BCUT2D eigenvalue weighted by atomic mass is 16.3. The maximum Gasteiger partial charge on any atom is 0.239 e. The Morgan fingerprint density at radius 1 is 1.62 bits per heavy atom. The molecule has 4 heteroatoms. The van der Waals surface area contributed by atoms with E-state index >= 15 is 0 Å². The van der Waals surface area contributed by atoms with Crippen molar-refractivity contribution in [2.75, 3.05) is 13.1 Å². The molecule has 2 unspecified atom stereocenters. The fraction of sp³-hybridized carbons (Fsp3) is 0.917. The van der Waals surface area contributed by atoms with Gasteiger partial charge in [-0.1, -0.05) is 26.7 Å². The van der Waals surface area contributed by atoms with Crippen molar-refractivity contribution in [3.8, 4) is 0 Å². The third-order valence-electron chi connectivity index (χ3n) is 3.42. The molecule has 0 aromatic heterocycles. The standard InChI is InChI=1S/C12H24N2O2/c1-3-4-5-10(13)12(16)14-7-6-9(2)11(15)8-14/h9-11,15H,3-8,13H2,1-2H3/t9?,10-,11?/m0/s1. The number of carbonyl (C=O) groups is 1. The molecule has 0 aliphatic carbocycles. The first-order chi connectivity index (χ1) is 7.56. The Hall–Kier alpha value is -0.610. The number of rotatable bonds is 4. The van der Waals surface area contributed by atoms with Crippen molar-refractivity contribution >= 4 is 5.91 Å². The summed E-state index contributed by atoms with van der Waals surface area (Å²) >= 11 is 0. The SMILES string of the molecule is CCCC[C@H](N)C(=O)N1CCC(C)C(O)C1. The maximum atomic E-state index is 11.9. The Kier molecular flexibility index (Phi) is 5.22. The van der Waals surface area contributed by atoms with Crippen LogP contribution in [0.3, 0.4) is 0 Å². The van der Waals surface area contributed by atoms with Gasteiger partial charge in [-0.2, -0.15) is 0 Å². The number of aliphatic hydroxyl groups is 1. The average molecular weight is 228 g/mol. The maximum absolute atomic E-state index is 11.9. The Morgan fingerprint density at radius 2 is 2.31 bits per heavy atom. The van der Waals surface area contributed by atoms with Gasteiger partial charge < -0.3 is 15.7 Å². The van der Waals surface area contributed by atoms with E-state index in [0.29, 0.717) is 6.54 Å². The number of nitrogens with zero attached hydrogens (tertiary/aromatic N) is 1. The van der Waals surface area contributed by atoms with Crippen molar-refractivity contribution in [1.29, 1.82) is 0 Å². The summed E-state index contributed by atoms with van der Waals surface area (Å²) in [7, 11) is 0. The van der Waals surface area contributed by atoms with Crippen molar-refractivity contribution in [3.05, 3.63) is 0 Å². The van der Waals surface area contributed by atoms with Crippen LogP contribution < -0.4 is 5.73 Å². The van der Waals surface area contributed by atoms with Crippen molar-refractivity contribution in [2.24, 2.45) is 11.7 Å². The molecule has 0 spiro atoms. The number of amides is 1. The Bertz CT molecular complexity index is 233. The van der Waals surface area contributed by atoms with Gasteiger partial charge >= 0.3 is 0 Å². The van der Waals surface area contributed by atoms with Crippen LogP contribution in [0, 0.1) is 5.92 Å². The van der Waals surface area contributed by atoms with E-state index in [9.17, 15) is 9.90 Å². The summed E-state index contributed by atoms with van der Waals surface area (Å²) in [4.78, 5) is 13.7. The molecule has 0 bridgehead atoms. The lowest BCUT2D eigenvalue weighted by atomic mass is 9.95. The predicted molar refractivity (Wildman–Crippen MR) is 63.9 cm³/mol. The molecule has 1 heterocycles. The van der Waals surface area contributed by atoms with E-state index in [1.54, 1.807) is 4.90 Å². The Labute approximate surface area is 97.8 Å². The van der Waals surface area contributed by atoms with Crippen LogP contribution in [0.1, 0.15) is 39.5 Å². The van der Waals surface area contributed by atoms with Crippen LogP contribution >= 0.6 is 0 Å². The molecule has 0 aromatic rings. The fourth-order valence-electron chi connectivity index (χ4n) is 2.03. The quantitative estimate of drug-likeness (QED) is 0.745. The second-order valence-corrected chi connectivity index (χ2v) is 4.87. The number of unbranched alkanes of at least 4 members (excludes halogenated alkanes) is 1. The summed E-state index contributed by atoms with van der Waals surface area (Å²) in [6.45, 7) is 5.28. The lowest BCUT2D eigenvalue weighted by Crippen LogP contribution is -2.51. The van der Waals surface area contributed by atoms with Crippen LogP contribution in [0.4, 0.5) is 0 Å². The molecule has 3 atom stereocenters. The molecular weight excluding hydrogens is 204 g/mol. The lowest BCUT2D eigenvalue weighted by Gasteiger charge is -2.35. The van der Waals surface area contributed by atoms with Gasteiger partial charge in [-0.3, -0.25) is 4.79 Å². The molecule has 3 N–H and O–H groups in total. The number of nitrogens with two attached hydrogens (primary N) is 1. The largest absolute Gasteiger partial charge is 0.391 e. The summed E-state index contributed by atoms with van der Waals surface area (Å²) in [5.74, 6) is 0.287. The number of β-amino-alcohol motifs (C(OH)–C–C–N with tert-alkyl or cyclic N) is 1. The minimum absolute atomic E-state index is 0.000556. The topological polar surface area (TPSA) is 66.6 Å². The van der Waals surface area contributed by atoms with E-state index in [0.717, 1.165) is 32.2 Å². The minimum atomic E-state index is -0.393. The molecule has 16 heavy (non-hydrogen) atoms. The van der Waals surface area contributed by atoms with Crippen LogP contribution in [0.25, 0.3) is 0 Å². The van der Waals surface area contributed by atoms with Gasteiger partial charge in [0.05, 0.1) is 12.1 Å². The van der Waals surface area contributed by atoms with Gasteiger partial charge in [0.1, 0.15) is 0 Å². The van der Waals surface area contributed by atoms with Crippen LogP contribution in [0.2, 0.25) is 0 Å². The van der Waals surface area contributed by atoms with Gasteiger partial charge in [0, 0.05) is 13.1 Å². The van der Waals surface area contributed by atoms with Crippen molar-refractivity contribution < 1.29 is 9.90 Å². The first-order valence-corrected chi connectivity index (χ1v) is 6.28. The summed E-state index contributed by atoms with van der Waals surface area (Å²) < 4.78 is 0. The Balaban J connectivity index is 2.42. The zero-order valence-corrected chi connectivity index (χ0v) is 10.4. The van der Waals surface area contributed by atoms with Crippen LogP contribution in [0.5, 0.6) is 0 Å². The third-order valence-corrected chi connectivity index (χ3v) is 3.42. The molecule has 1 fully saturated rings. The Morgan fingerprint density at radius 3 is 2.88 bits per heavy atom. The van der Waals surface area contributed by atoms with E-state index in [4.69, 9.17) is 5.73 Å². The molecule has 4 nitrogen and oxygen atoms in total. The molecule has 1 aliphatic rings. The molecular formula is C12H24N2O2. The second-order valence-electron chi connectivity index (χ2n) is 4.87. The minimum Gasteiger partial charge on any atom is -0.391 e. The fourth-order valence-corrected chi connectivity index (χ4v) is 2.03. The number of likely N-dealkylation sites (tertiary alicyclic amines) is 1. The zero-order valence-electron chi connectivity index (χ0n) is 10.4. The summed E-state index contributed by atoms with van der Waals surface area (Å²) in [6.07, 6.45) is 3.27. The van der Waals surface area contributed by atoms with E-state index in [-0.39, 0.29) is 17.9 Å². The number of hydrogen-bond acceptors (Lipinski definition) is 3. The van der Waals surface area contributed by atoms with E-state index in [2.05, 4.69) is 6.92 Å². The monoisotopic (exact) mass is 228 g/mol. The van der Waals surface area contributed by atoms with Crippen molar-refractivity contribution in [1.82, 2.24) is 4.90 Å². The number of piperidine rings is 1. The molecule has 0 radical (unpaired) electrons. The first kappa shape index (κ1) is 13.5. The zero-order chi connectivity index (χ0) is 12.1. The highest BCUT2D eigenvalue weighted by molar-refractivity contribution is 5.81. The second kappa shape index (κ2) is 6.21. The molecule has 0 aromatic carbocycles. The predicted octanol–water partition coefficient (Wildman–Crippen LogP) is 0.733. The average Bonchev–Trinajstić information content (AvgIpc) is 2.28. The van der Waals surface area contributed by atoms with Gasteiger partial charge in [0.2, 0.25) is 5.91 Å². The smallest absolute Gasteiger partial charge is 0.239 e. The normalized spacial score (nSPS) is 27.9. The van der Waals surface area contributed by atoms with Crippen LogP contribution in [0.15, 0.2) is 0 Å².